The lowest BCUT2D eigenvalue weighted by atomic mass is 10.0. The van der Waals surface area contributed by atoms with Crippen LogP contribution in [0.25, 0.3) is 0 Å². The third-order valence-corrected chi connectivity index (χ3v) is 6.48. The molecule has 8 heteroatoms. The van der Waals surface area contributed by atoms with Gasteiger partial charge in [0.25, 0.3) is 5.91 Å². The molecule has 1 fully saturated rings. The monoisotopic (exact) mass is 445 g/mol. The van der Waals surface area contributed by atoms with E-state index in [1.165, 1.54) is 0 Å². The van der Waals surface area contributed by atoms with Crippen LogP contribution in [0.4, 0.5) is 5.82 Å². The highest BCUT2D eigenvalue weighted by atomic mass is 16.5. The normalized spacial score (nSPS) is 18.0. The van der Waals surface area contributed by atoms with E-state index in [0.29, 0.717) is 44.0 Å². The molecule has 4 heterocycles. The third kappa shape index (κ3) is 4.01. The van der Waals surface area contributed by atoms with Crippen molar-refractivity contribution in [1.82, 2.24) is 20.0 Å². The van der Waals surface area contributed by atoms with Crippen molar-refractivity contribution in [3.63, 3.8) is 0 Å². The van der Waals surface area contributed by atoms with Crippen LogP contribution >= 0.6 is 0 Å². The summed E-state index contributed by atoms with van der Waals surface area (Å²) in [4.78, 5) is 39.3. The fourth-order valence-electron chi connectivity index (χ4n) is 4.68. The number of nitrogens with zero attached hydrogens (tertiary/aromatic N) is 5. The molecule has 3 aromatic rings. The summed E-state index contributed by atoms with van der Waals surface area (Å²) in [7, 11) is 0. The molecule has 33 heavy (non-hydrogen) atoms. The number of benzene rings is 1. The van der Waals surface area contributed by atoms with E-state index >= 15 is 0 Å². The van der Waals surface area contributed by atoms with Crippen LogP contribution in [0.2, 0.25) is 0 Å². The molecule has 2 aliphatic rings. The summed E-state index contributed by atoms with van der Waals surface area (Å²) in [6.07, 6.45) is 3.42. The molecule has 0 spiro atoms. The van der Waals surface area contributed by atoms with Crippen molar-refractivity contribution in [3.05, 3.63) is 70.5 Å². The molecule has 170 valence electrons. The Morgan fingerprint density at radius 1 is 1.18 bits per heavy atom. The quantitative estimate of drug-likeness (QED) is 0.593. The van der Waals surface area contributed by atoms with E-state index in [-0.39, 0.29) is 23.6 Å². The van der Waals surface area contributed by atoms with E-state index in [1.54, 1.807) is 15.9 Å². The Bertz CT molecular complexity index is 1190. The van der Waals surface area contributed by atoms with Gasteiger partial charge >= 0.3 is 0 Å². The molecule has 2 amide bonds. The second-order valence-electron chi connectivity index (χ2n) is 8.63. The van der Waals surface area contributed by atoms with E-state index in [2.05, 4.69) is 5.16 Å². The van der Waals surface area contributed by atoms with Gasteiger partial charge in [-0.15, -0.1) is 0 Å². The molecule has 0 saturated carbocycles. The van der Waals surface area contributed by atoms with E-state index in [9.17, 15) is 9.59 Å². The second-order valence-corrected chi connectivity index (χ2v) is 8.63. The number of carbonyl (C=O) groups excluding carboxylic acids is 2. The predicted molar refractivity (Wildman–Crippen MR) is 122 cm³/mol. The van der Waals surface area contributed by atoms with Crippen molar-refractivity contribution in [2.45, 2.75) is 58.5 Å². The molecule has 0 radical (unpaired) electrons. The maximum Gasteiger partial charge on any atom is 0.293 e. The topological polar surface area (TPSA) is 92.4 Å². The summed E-state index contributed by atoms with van der Waals surface area (Å²) in [5.41, 5.74) is 3.68. The molecular formula is C25H27N5O3. The van der Waals surface area contributed by atoms with Crippen molar-refractivity contribution >= 4 is 17.6 Å². The Balaban J connectivity index is 1.48. The average molecular weight is 446 g/mol. The lowest BCUT2D eigenvalue weighted by molar-refractivity contribution is -0.119. The first kappa shape index (κ1) is 21.3. The first-order valence-electron chi connectivity index (χ1n) is 11.5. The highest BCUT2D eigenvalue weighted by Crippen LogP contribution is 2.35. The fraction of sp³-hybridized carbons (Fsp3) is 0.400. The predicted octanol–water partition coefficient (Wildman–Crippen LogP) is 3.79. The third-order valence-electron chi connectivity index (χ3n) is 6.48. The number of likely N-dealkylation sites (tertiary alicyclic amines) is 1. The van der Waals surface area contributed by atoms with Crippen molar-refractivity contribution in [3.8, 4) is 0 Å². The number of anilines is 1. The lowest BCUT2D eigenvalue weighted by Gasteiger charge is -2.31. The SMILES string of the molecule is CCc1cc(C(=O)N2CCCC2c2nc(C)c3c(n2)N(Cc2ccccc2)C(=O)CC3)on1. The smallest absolute Gasteiger partial charge is 0.293 e. The molecule has 2 aliphatic heterocycles. The molecule has 1 aromatic carbocycles. The van der Waals surface area contributed by atoms with Crippen LogP contribution in [0.1, 0.15) is 71.1 Å². The highest BCUT2D eigenvalue weighted by Gasteiger charge is 2.36. The van der Waals surface area contributed by atoms with E-state index in [4.69, 9.17) is 14.5 Å². The zero-order valence-electron chi connectivity index (χ0n) is 19.0. The summed E-state index contributed by atoms with van der Waals surface area (Å²) in [5.74, 6) is 1.36. The fourth-order valence-corrected chi connectivity index (χ4v) is 4.68. The van der Waals surface area contributed by atoms with Gasteiger partial charge in [-0.3, -0.25) is 14.5 Å². The molecule has 1 unspecified atom stereocenters. The van der Waals surface area contributed by atoms with Gasteiger partial charge in [-0.2, -0.15) is 0 Å². The number of amides is 2. The van der Waals surface area contributed by atoms with Crippen molar-refractivity contribution in [2.75, 3.05) is 11.4 Å². The largest absolute Gasteiger partial charge is 0.351 e. The molecule has 0 aliphatic carbocycles. The van der Waals surface area contributed by atoms with Crippen LogP contribution in [0.3, 0.4) is 0 Å². The van der Waals surface area contributed by atoms with Gasteiger partial charge in [-0.1, -0.05) is 42.4 Å². The van der Waals surface area contributed by atoms with Gasteiger partial charge in [-0.05, 0) is 38.2 Å². The minimum atomic E-state index is -0.257. The van der Waals surface area contributed by atoms with Gasteiger partial charge in [0.05, 0.1) is 18.3 Å². The number of aromatic nitrogens is 3. The number of carbonyl (C=O) groups is 2. The van der Waals surface area contributed by atoms with E-state index in [0.717, 1.165) is 35.4 Å². The molecule has 5 rings (SSSR count). The van der Waals surface area contributed by atoms with Crippen LogP contribution in [0.5, 0.6) is 0 Å². The van der Waals surface area contributed by atoms with Gasteiger partial charge in [-0.25, -0.2) is 9.97 Å². The van der Waals surface area contributed by atoms with Crippen molar-refractivity contribution < 1.29 is 14.1 Å². The number of hydrogen-bond donors (Lipinski definition) is 0. The molecule has 0 N–H and O–H groups in total. The Labute approximate surface area is 192 Å². The lowest BCUT2D eigenvalue weighted by Crippen LogP contribution is -2.37. The number of aryl methyl sites for hydroxylation is 2. The van der Waals surface area contributed by atoms with E-state index < -0.39 is 0 Å². The maximum absolute atomic E-state index is 13.2. The van der Waals surface area contributed by atoms with E-state index in [1.807, 2.05) is 44.2 Å². The zero-order chi connectivity index (χ0) is 22.9. The Morgan fingerprint density at radius 2 is 2.00 bits per heavy atom. The first-order chi connectivity index (χ1) is 16.0. The first-order valence-corrected chi connectivity index (χ1v) is 11.5. The van der Waals surface area contributed by atoms with Crippen molar-refractivity contribution in [1.29, 1.82) is 0 Å². The summed E-state index contributed by atoms with van der Waals surface area (Å²) in [6, 6.07) is 11.4. The average Bonchev–Trinajstić information content (AvgIpc) is 3.51. The van der Waals surface area contributed by atoms with Crippen LogP contribution in [0.15, 0.2) is 40.9 Å². The zero-order valence-corrected chi connectivity index (χ0v) is 19.0. The summed E-state index contributed by atoms with van der Waals surface area (Å²) >= 11 is 0. The molecule has 1 atom stereocenters. The summed E-state index contributed by atoms with van der Waals surface area (Å²) in [6.45, 7) is 5.01. The molecular weight excluding hydrogens is 418 g/mol. The number of fused-ring (bicyclic) bond motifs is 1. The Morgan fingerprint density at radius 3 is 2.76 bits per heavy atom. The summed E-state index contributed by atoms with van der Waals surface area (Å²) in [5, 5.41) is 3.96. The maximum atomic E-state index is 13.2. The van der Waals surface area contributed by atoms with Gasteiger partial charge < -0.3 is 9.42 Å². The van der Waals surface area contributed by atoms with Crippen LogP contribution in [-0.2, 0) is 24.2 Å². The standard InChI is InChI=1S/C25H27N5O3/c1-3-18-14-21(33-28-18)25(32)29-13-7-10-20(29)23-26-16(2)19-11-12-22(31)30(24(19)27-23)15-17-8-5-4-6-9-17/h4-6,8-9,14,20H,3,7,10-13,15H2,1-2H3. The minimum Gasteiger partial charge on any atom is -0.351 e. The molecule has 0 bridgehead atoms. The van der Waals surface area contributed by atoms with Crippen LogP contribution < -0.4 is 4.90 Å². The number of hydrogen-bond acceptors (Lipinski definition) is 6. The Hall–Kier alpha value is -3.55. The van der Waals surface area contributed by atoms with Gasteiger partial charge in [0.2, 0.25) is 11.7 Å². The second kappa shape index (κ2) is 8.77. The molecule has 1 saturated heterocycles. The van der Waals surface area contributed by atoms with Gasteiger partial charge in [0, 0.05) is 30.3 Å². The van der Waals surface area contributed by atoms with Crippen LogP contribution in [-0.4, -0.2) is 38.4 Å². The summed E-state index contributed by atoms with van der Waals surface area (Å²) < 4.78 is 5.29. The highest BCUT2D eigenvalue weighted by molar-refractivity contribution is 5.95. The minimum absolute atomic E-state index is 0.0588. The van der Waals surface area contributed by atoms with Crippen molar-refractivity contribution in [2.24, 2.45) is 0 Å². The molecule has 2 aromatic heterocycles. The van der Waals surface area contributed by atoms with Crippen LogP contribution in [0, 0.1) is 6.92 Å². The van der Waals surface area contributed by atoms with Gasteiger partial charge in [0.1, 0.15) is 5.82 Å². The number of rotatable bonds is 5. The Kier molecular flexibility index (Phi) is 5.66. The van der Waals surface area contributed by atoms with Gasteiger partial charge in [0.15, 0.2) is 5.82 Å². The molecule has 8 nitrogen and oxygen atoms in total.